The van der Waals surface area contributed by atoms with Gasteiger partial charge in [-0.1, -0.05) is 0 Å². The van der Waals surface area contributed by atoms with Crippen LogP contribution in [0.4, 0.5) is 0 Å². The lowest BCUT2D eigenvalue weighted by atomic mass is 10.6. The molecular weight excluding hydrogens is 207 g/mol. The molecule has 0 N–H and O–H groups in total. The Morgan fingerprint density at radius 3 is 2.29 bits per heavy atom. The summed E-state index contributed by atoms with van der Waals surface area (Å²) in [7, 11) is -0.989. The van der Waals surface area contributed by atoms with E-state index < -0.39 is 7.82 Å². The zero-order chi connectivity index (χ0) is 10.8. The van der Waals surface area contributed by atoms with E-state index in [0.29, 0.717) is 5.82 Å². The molecule has 0 aliphatic carbocycles. The molecule has 0 aliphatic heterocycles. The Balaban J connectivity index is 2.93. The molecule has 0 amide bonds. The lowest BCUT2D eigenvalue weighted by Gasteiger charge is -2.15. The topological polar surface area (TPSA) is 62.6 Å². The van der Waals surface area contributed by atoms with Crippen LogP contribution in [0.15, 0.2) is 6.20 Å². The number of imidazole rings is 1. The number of phosphoric ester groups is 1. The molecule has 7 heteroatoms. The number of hydrogen-bond acceptors (Lipinski definition) is 5. The highest BCUT2D eigenvalue weighted by molar-refractivity contribution is 7.48. The van der Waals surface area contributed by atoms with Gasteiger partial charge in [0.25, 0.3) is 0 Å². The number of aromatic nitrogens is 2. The Morgan fingerprint density at radius 2 is 1.93 bits per heavy atom. The summed E-state index contributed by atoms with van der Waals surface area (Å²) in [5.41, 5.74) is 0.719. The van der Waals surface area contributed by atoms with Crippen LogP contribution in [0, 0.1) is 13.8 Å². The summed E-state index contributed by atoms with van der Waals surface area (Å²) in [5.74, 6) is 0.580. The van der Waals surface area contributed by atoms with Crippen molar-refractivity contribution in [3.8, 4) is 0 Å². The second-order valence-corrected chi connectivity index (χ2v) is 4.42. The maximum Gasteiger partial charge on any atom is 0.548 e. The van der Waals surface area contributed by atoms with Gasteiger partial charge in [-0.25, -0.2) is 9.55 Å². The minimum atomic E-state index is -3.50. The second-order valence-electron chi connectivity index (χ2n) is 2.64. The van der Waals surface area contributed by atoms with Crippen LogP contribution in [0.2, 0.25) is 0 Å². The van der Waals surface area contributed by atoms with E-state index >= 15 is 0 Å². The van der Waals surface area contributed by atoms with Crippen molar-refractivity contribution in [1.29, 1.82) is 0 Å². The molecule has 0 atom stereocenters. The summed E-state index contributed by atoms with van der Waals surface area (Å²) < 4.78 is 27.3. The van der Waals surface area contributed by atoms with E-state index in [1.54, 1.807) is 20.0 Å². The first-order chi connectivity index (χ1) is 6.52. The summed E-state index contributed by atoms with van der Waals surface area (Å²) in [6.07, 6.45) is 1.60. The lowest BCUT2D eigenvalue weighted by molar-refractivity contribution is 0.133. The van der Waals surface area contributed by atoms with Gasteiger partial charge in [0, 0.05) is 14.2 Å². The third-order valence-electron chi connectivity index (χ3n) is 1.68. The van der Waals surface area contributed by atoms with Crippen molar-refractivity contribution in [2.75, 3.05) is 14.2 Å². The summed E-state index contributed by atoms with van der Waals surface area (Å²) in [6, 6.07) is 0. The predicted octanol–water partition coefficient (Wildman–Crippen LogP) is 1.33. The van der Waals surface area contributed by atoms with Crippen LogP contribution in [-0.4, -0.2) is 23.9 Å². The molecule has 0 saturated carbocycles. The minimum Gasteiger partial charge on any atom is -0.310 e. The molecule has 0 bridgehead atoms. The number of rotatable bonds is 4. The zero-order valence-corrected chi connectivity index (χ0v) is 9.45. The van der Waals surface area contributed by atoms with E-state index in [0.717, 1.165) is 5.69 Å². The van der Waals surface area contributed by atoms with E-state index in [1.807, 2.05) is 0 Å². The summed E-state index contributed by atoms with van der Waals surface area (Å²) in [6.45, 7) is 3.50. The molecule has 0 saturated heterocycles. The molecule has 1 aromatic heterocycles. The van der Waals surface area contributed by atoms with Crippen LogP contribution in [0.25, 0.3) is 0 Å². The van der Waals surface area contributed by atoms with Gasteiger partial charge in [-0.3, -0.25) is 9.05 Å². The normalized spacial score (nSPS) is 11.7. The smallest absolute Gasteiger partial charge is 0.310 e. The fourth-order valence-electron chi connectivity index (χ4n) is 0.912. The predicted molar refractivity (Wildman–Crippen MR) is 49.9 cm³/mol. The number of aryl methyl sites for hydroxylation is 2. The fourth-order valence-corrected chi connectivity index (χ4v) is 1.64. The largest absolute Gasteiger partial charge is 0.548 e. The molecule has 0 unspecified atom stereocenters. The van der Waals surface area contributed by atoms with Crippen LogP contribution in [0.1, 0.15) is 11.5 Å². The van der Waals surface area contributed by atoms with E-state index in [1.165, 1.54) is 19.0 Å². The van der Waals surface area contributed by atoms with Gasteiger partial charge in [-0.15, -0.1) is 0 Å². The SMILES string of the molecule is COP(=O)(OC)On1c(C)cnc1C. The number of hydrogen-bond donors (Lipinski definition) is 0. The Bertz CT molecular complexity index is 335. The van der Waals surface area contributed by atoms with Gasteiger partial charge in [-0.05, 0) is 13.8 Å². The second kappa shape index (κ2) is 4.13. The Labute approximate surface area is 82.4 Å². The molecule has 1 rings (SSSR count). The van der Waals surface area contributed by atoms with Gasteiger partial charge < -0.3 is 4.62 Å². The van der Waals surface area contributed by atoms with E-state index in [9.17, 15) is 4.57 Å². The third-order valence-corrected chi connectivity index (χ3v) is 2.94. The van der Waals surface area contributed by atoms with Crippen LogP contribution < -0.4 is 4.62 Å². The number of phosphoric acid groups is 1. The van der Waals surface area contributed by atoms with Crippen molar-refractivity contribution in [3.63, 3.8) is 0 Å². The Morgan fingerprint density at radius 1 is 1.36 bits per heavy atom. The molecule has 0 spiro atoms. The van der Waals surface area contributed by atoms with Gasteiger partial charge in [-0.2, -0.15) is 4.73 Å². The van der Waals surface area contributed by atoms with Gasteiger partial charge in [0.15, 0.2) is 0 Å². The zero-order valence-electron chi connectivity index (χ0n) is 8.55. The molecule has 0 aliphatic rings. The fraction of sp³-hybridized carbons (Fsp3) is 0.571. The van der Waals surface area contributed by atoms with Crippen LogP contribution in [-0.2, 0) is 13.6 Å². The number of nitrogens with zero attached hydrogens (tertiary/aromatic N) is 2. The highest BCUT2D eigenvalue weighted by Crippen LogP contribution is 2.44. The molecule has 1 aromatic rings. The van der Waals surface area contributed by atoms with Crippen LogP contribution >= 0.6 is 7.82 Å². The van der Waals surface area contributed by atoms with Gasteiger partial charge in [0.05, 0.1) is 11.9 Å². The van der Waals surface area contributed by atoms with Gasteiger partial charge in [0.1, 0.15) is 5.82 Å². The Hall–Kier alpha value is -0.840. The average Bonchev–Trinajstić information content (AvgIpc) is 2.49. The van der Waals surface area contributed by atoms with Crippen molar-refractivity contribution in [2.45, 2.75) is 13.8 Å². The summed E-state index contributed by atoms with van der Waals surface area (Å²) in [4.78, 5) is 3.97. The maximum atomic E-state index is 11.6. The van der Waals surface area contributed by atoms with Gasteiger partial charge >= 0.3 is 7.82 Å². The van der Waals surface area contributed by atoms with Crippen molar-refractivity contribution >= 4 is 7.82 Å². The Kier molecular flexibility index (Phi) is 3.31. The van der Waals surface area contributed by atoms with Crippen molar-refractivity contribution in [1.82, 2.24) is 9.71 Å². The molecule has 0 fully saturated rings. The molecule has 1 heterocycles. The summed E-state index contributed by atoms with van der Waals surface area (Å²) >= 11 is 0. The quantitative estimate of drug-likeness (QED) is 0.716. The standard InChI is InChI=1S/C7H13N2O4P/c1-6-5-8-7(2)9(6)13-14(10,11-3)12-4/h5H,1-4H3. The van der Waals surface area contributed by atoms with Crippen molar-refractivity contribution in [3.05, 3.63) is 17.7 Å². The van der Waals surface area contributed by atoms with E-state index in [2.05, 4.69) is 14.0 Å². The average molecular weight is 220 g/mol. The molecule has 14 heavy (non-hydrogen) atoms. The highest BCUT2D eigenvalue weighted by atomic mass is 31.2. The molecule has 0 radical (unpaired) electrons. The first-order valence-electron chi connectivity index (χ1n) is 3.95. The first kappa shape index (κ1) is 11.2. The van der Waals surface area contributed by atoms with E-state index in [4.69, 9.17) is 4.62 Å². The van der Waals surface area contributed by atoms with E-state index in [-0.39, 0.29) is 0 Å². The molecule has 0 aromatic carbocycles. The molecular formula is C7H13N2O4P. The first-order valence-corrected chi connectivity index (χ1v) is 5.41. The maximum absolute atomic E-state index is 11.6. The van der Waals surface area contributed by atoms with Crippen molar-refractivity contribution in [2.24, 2.45) is 0 Å². The van der Waals surface area contributed by atoms with Gasteiger partial charge in [0.2, 0.25) is 0 Å². The van der Waals surface area contributed by atoms with Crippen LogP contribution in [0.5, 0.6) is 0 Å². The third kappa shape index (κ3) is 2.15. The molecule has 80 valence electrons. The minimum absolute atomic E-state index is 0.580. The van der Waals surface area contributed by atoms with Crippen molar-refractivity contribution < 1.29 is 18.2 Å². The lowest BCUT2D eigenvalue weighted by Crippen LogP contribution is -2.13. The van der Waals surface area contributed by atoms with Crippen LogP contribution in [0.3, 0.4) is 0 Å². The summed E-state index contributed by atoms with van der Waals surface area (Å²) in [5, 5.41) is 0. The monoisotopic (exact) mass is 220 g/mol. The highest BCUT2D eigenvalue weighted by Gasteiger charge is 2.26. The molecule has 6 nitrogen and oxygen atoms in total.